The minimum Gasteiger partial charge on any atom is -0.497 e. The van der Waals surface area contributed by atoms with Gasteiger partial charge in [0.15, 0.2) is 5.11 Å². The Balaban J connectivity index is 1.89. The molecular weight excluding hydrogens is 370 g/mol. The zero-order valence-electron chi connectivity index (χ0n) is 14.3. The van der Waals surface area contributed by atoms with Gasteiger partial charge < -0.3 is 20.7 Å². The molecule has 1 amide bonds. The van der Waals surface area contributed by atoms with Gasteiger partial charge in [-0.2, -0.15) is 0 Å². The summed E-state index contributed by atoms with van der Waals surface area (Å²) in [5, 5.41) is 10.2. The van der Waals surface area contributed by atoms with Gasteiger partial charge in [-0.25, -0.2) is 0 Å². The van der Waals surface area contributed by atoms with Crippen LogP contribution in [0.3, 0.4) is 0 Å². The number of hydrogen-bond acceptors (Lipinski definition) is 3. The zero-order valence-corrected chi connectivity index (χ0v) is 15.9. The number of hydrogen-bond donors (Lipinski definition) is 3. The summed E-state index contributed by atoms with van der Waals surface area (Å²) in [6.45, 7) is 1.83. The molecule has 0 bridgehead atoms. The highest BCUT2D eigenvalue weighted by Crippen LogP contribution is 2.29. The number of allylic oxidation sites excluding steroid dienone is 1. The SMILES string of the molecule is COc1ccc(NC(=O)C2=C(C)NC(=S)N[C@@H]2c2ccc(Cl)cc2)cc1. The van der Waals surface area contributed by atoms with E-state index in [9.17, 15) is 4.79 Å². The smallest absolute Gasteiger partial charge is 0.255 e. The number of ether oxygens (including phenoxy) is 1. The lowest BCUT2D eigenvalue weighted by Gasteiger charge is -2.30. The standard InChI is InChI=1S/C19H18ClN3O2S/c1-11-16(18(24)22-14-7-9-15(25-2)10-8-14)17(23-19(26)21-11)12-3-5-13(20)6-4-12/h3-10,17H,1-2H3,(H,22,24)(H2,21,23,26)/t17-/m1/s1. The first-order chi connectivity index (χ1) is 12.5. The highest BCUT2D eigenvalue weighted by Gasteiger charge is 2.29. The predicted octanol–water partition coefficient (Wildman–Crippen LogP) is 3.78. The number of amides is 1. The van der Waals surface area contributed by atoms with Crippen LogP contribution in [0.4, 0.5) is 5.69 Å². The molecule has 26 heavy (non-hydrogen) atoms. The third-order valence-electron chi connectivity index (χ3n) is 4.06. The van der Waals surface area contributed by atoms with Crippen LogP contribution in [0.15, 0.2) is 59.8 Å². The zero-order chi connectivity index (χ0) is 18.7. The summed E-state index contributed by atoms with van der Waals surface area (Å²) in [4.78, 5) is 12.9. The summed E-state index contributed by atoms with van der Waals surface area (Å²) in [5.74, 6) is 0.513. The quantitative estimate of drug-likeness (QED) is 0.697. The van der Waals surface area contributed by atoms with Crippen LogP contribution in [0.25, 0.3) is 0 Å². The maximum atomic E-state index is 12.9. The van der Waals surface area contributed by atoms with Crippen LogP contribution in [-0.2, 0) is 4.79 Å². The third kappa shape index (κ3) is 3.98. The van der Waals surface area contributed by atoms with Crippen molar-refractivity contribution in [3.63, 3.8) is 0 Å². The molecule has 3 N–H and O–H groups in total. The molecule has 134 valence electrons. The summed E-state index contributed by atoms with van der Waals surface area (Å²) in [6.07, 6.45) is 0. The molecule has 3 rings (SSSR count). The van der Waals surface area contributed by atoms with Crippen molar-refractivity contribution in [2.75, 3.05) is 12.4 Å². The number of benzene rings is 2. The minimum atomic E-state index is -0.362. The maximum absolute atomic E-state index is 12.9. The highest BCUT2D eigenvalue weighted by atomic mass is 35.5. The summed E-state index contributed by atoms with van der Waals surface area (Å²) >= 11 is 11.2. The number of anilines is 1. The van der Waals surface area contributed by atoms with Gasteiger partial charge in [0.2, 0.25) is 0 Å². The second-order valence-electron chi connectivity index (χ2n) is 5.80. The van der Waals surface area contributed by atoms with Crippen LogP contribution in [0.5, 0.6) is 5.75 Å². The van der Waals surface area contributed by atoms with Gasteiger partial charge in [0.05, 0.1) is 18.7 Å². The number of halogens is 1. The van der Waals surface area contributed by atoms with E-state index in [4.69, 9.17) is 28.6 Å². The predicted molar refractivity (Wildman–Crippen MR) is 107 cm³/mol. The number of methoxy groups -OCH3 is 1. The van der Waals surface area contributed by atoms with E-state index in [-0.39, 0.29) is 11.9 Å². The van der Waals surface area contributed by atoms with E-state index >= 15 is 0 Å². The lowest BCUT2D eigenvalue weighted by Crippen LogP contribution is -2.45. The molecule has 7 heteroatoms. The fraction of sp³-hybridized carbons (Fsp3) is 0.158. The van der Waals surface area contributed by atoms with Gasteiger partial charge in [-0.1, -0.05) is 23.7 Å². The second-order valence-corrected chi connectivity index (χ2v) is 6.65. The van der Waals surface area contributed by atoms with Crippen molar-refractivity contribution < 1.29 is 9.53 Å². The van der Waals surface area contributed by atoms with Crippen molar-refractivity contribution in [3.8, 4) is 5.75 Å². The first kappa shape index (κ1) is 18.2. The van der Waals surface area contributed by atoms with Gasteiger partial charge >= 0.3 is 0 Å². The lowest BCUT2D eigenvalue weighted by atomic mass is 9.95. The van der Waals surface area contributed by atoms with E-state index in [0.29, 0.717) is 27.1 Å². The van der Waals surface area contributed by atoms with Gasteiger partial charge in [0, 0.05) is 16.4 Å². The molecule has 1 aliphatic rings. The highest BCUT2D eigenvalue weighted by molar-refractivity contribution is 7.80. The number of thiocarbonyl (C=S) groups is 1. The summed E-state index contributed by atoms with van der Waals surface area (Å²) < 4.78 is 5.14. The van der Waals surface area contributed by atoms with Crippen molar-refractivity contribution in [1.29, 1.82) is 0 Å². The van der Waals surface area contributed by atoms with Crippen molar-refractivity contribution in [2.45, 2.75) is 13.0 Å². The Labute approximate surface area is 162 Å². The largest absolute Gasteiger partial charge is 0.497 e. The molecular formula is C19H18ClN3O2S. The lowest BCUT2D eigenvalue weighted by molar-refractivity contribution is -0.113. The van der Waals surface area contributed by atoms with E-state index in [1.54, 1.807) is 43.5 Å². The minimum absolute atomic E-state index is 0.213. The van der Waals surface area contributed by atoms with Crippen molar-refractivity contribution >= 4 is 40.5 Å². The van der Waals surface area contributed by atoms with Crippen LogP contribution in [0.2, 0.25) is 5.02 Å². The molecule has 5 nitrogen and oxygen atoms in total. The van der Waals surface area contributed by atoms with E-state index < -0.39 is 0 Å². The summed E-state index contributed by atoms with van der Waals surface area (Å²) in [5.41, 5.74) is 2.85. The number of carbonyl (C=O) groups is 1. The van der Waals surface area contributed by atoms with Gasteiger partial charge in [-0.3, -0.25) is 4.79 Å². The fourth-order valence-corrected chi connectivity index (χ4v) is 3.17. The topological polar surface area (TPSA) is 62.4 Å². The Bertz CT molecular complexity index is 863. The van der Waals surface area contributed by atoms with Crippen LogP contribution in [-0.4, -0.2) is 18.1 Å². The van der Waals surface area contributed by atoms with E-state index in [0.717, 1.165) is 11.3 Å². The van der Waals surface area contributed by atoms with Gasteiger partial charge in [0.1, 0.15) is 5.75 Å². The molecule has 0 unspecified atom stereocenters. The second kappa shape index (κ2) is 7.76. The van der Waals surface area contributed by atoms with Crippen LogP contribution >= 0.6 is 23.8 Å². The van der Waals surface area contributed by atoms with E-state index in [1.807, 2.05) is 19.1 Å². The molecule has 2 aromatic rings. The molecule has 2 aromatic carbocycles. The molecule has 0 saturated carbocycles. The normalized spacial score (nSPS) is 16.6. The molecule has 0 spiro atoms. The number of rotatable bonds is 4. The van der Waals surface area contributed by atoms with Gasteiger partial charge in [0.25, 0.3) is 5.91 Å². The summed E-state index contributed by atoms with van der Waals surface area (Å²) in [6, 6.07) is 14.1. The molecule has 1 aliphatic heterocycles. The van der Waals surface area contributed by atoms with Crippen molar-refractivity contribution in [3.05, 3.63) is 70.4 Å². The molecule has 0 fully saturated rings. The van der Waals surface area contributed by atoms with Crippen LogP contribution in [0, 0.1) is 0 Å². The molecule has 1 heterocycles. The van der Waals surface area contributed by atoms with E-state index in [1.165, 1.54) is 0 Å². The first-order valence-corrected chi connectivity index (χ1v) is 8.75. The Morgan fingerprint density at radius 1 is 1.15 bits per heavy atom. The molecule has 0 aliphatic carbocycles. The molecule has 1 atom stereocenters. The third-order valence-corrected chi connectivity index (χ3v) is 4.54. The summed E-state index contributed by atoms with van der Waals surface area (Å²) in [7, 11) is 1.60. The molecule has 0 saturated heterocycles. The average Bonchev–Trinajstić information content (AvgIpc) is 2.62. The Morgan fingerprint density at radius 3 is 2.42 bits per heavy atom. The monoisotopic (exact) mass is 387 g/mol. The molecule has 0 aromatic heterocycles. The Hall–Kier alpha value is -2.57. The van der Waals surface area contributed by atoms with Crippen LogP contribution in [0.1, 0.15) is 18.5 Å². The van der Waals surface area contributed by atoms with Crippen molar-refractivity contribution in [1.82, 2.24) is 10.6 Å². The van der Waals surface area contributed by atoms with Crippen LogP contribution < -0.4 is 20.7 Å². The first-order valence-electron chi connectivity index (χ1n) is 7.97. The van der Waals surface area contributed by atoms with Gasteiger partial charge in [-0.15, -0.1) is 0 Å². The fourth-order valence-electron chi connectivity index (χ4n) is 2.77. The Morgan fingerprint density at radius 2 is 1.81 bits per heavy atom. The number of carbonyl (C=O) groups excluding carboxylic acids is 1. The molecule has 0 radical (unpaired) electrons. The maximum Gasteiger partial charge on any atom is 0.255 e. The number of nitrogens with one attached hydrogen (secondary N) is 3. The average molecular weight is 388 g/mol. The van der Waals surface area contributed by atoms with Gasteiger partial charge in [-0.05, 0) is 61.1 Å². The Kier molecular flexibility index (Phi) is 5.44. The van der Waals surface area contributed by atoms with Crippen molar-refractivity contribution in [2.24, 2.45) is 0 Å². The van der Waals surface area contributed by atoms with E-state index in [2.05, 4.69) is 16.0 Å².